The maximum atomic E-state index is 11.8. The Balaban J connectivity index is 2.91. The molecule has 3 nitrogen and oxygen atoms in total. The van der Waals surface area contributed by atoms with Crippen LogP contribution in [0.25, 0.3) is 10.8 Å². The third kappa shape index (κ3) is 1.63. The summed E-state index contributed by atoms with van der Waals surface area (Å²) in [6, 6.07) is 5.84. The van der Waals surface area contributed by atoms with Crippen molar-refractivity contribution in [1.82, 2.24) is 4.98 Å². The lowest BCUT2D eigenvalue weighted by molar-refractivity contribution is 0.866. The van der Waals surface area contributed by atoms with Crippen LogP contribution in [0, 0.1) is 0 Å². The Hall–Kier alpha value is -1.61. The highest BCUT2D eigenvalue weighted by Crippen LogP contribution is 2.24. The largest absolute Gasteiger partial charge is 0.328 e. The van der Waals surface area contributed by atoms with Crippen molar-refractivity contribution in [3.8, 4) is 0 Å². The van der Waals surface area contributed by atoms with Crippen LogP contribution in [0.3, 0.4) is 0 Å². The number of hydrogen-bond donors (Lipinski definition) is 2. The smallest absolute Gasteiger partial charge is 0.256 e. The quantitative estimate of drug-likeness (QED) is 0.807. The summed E-state index contributed by atoms with van der Waals surface area (Å²) in [5, 5.41) is 1.75. The standard InChI is InChI=1S/C13H16N2O/c1-8(2)11-7-15-13(16)12-9(6-14)4-3-5-10(11)12/h3-5,7-8H,6,14H2,1-2H3,(H,15,16). The number of rotatable bonds is 2. The Morgan fingerprint density at radius 2 is 2.12 bits per heavy atom. The molecule has 0 amide bonds. The fraction of sp³-hybridized carbons (Fsp3) is 0.308. The highest BCUT2D eigenvalue weighted by atomic mass is 16.1. The Morgan fingerprint density at radius 1 is 1.38 bits per heavy atom. The highest BCUT2D eigenvalue weighted by Gasteiger charge is 2.10. The van der Waals surface area contributed by atoms with Gasteiger partial charge in [-0.05, 0) is 22.4 Å². The number of pyridine rings is 1. The first-order chi connectivity index (χ1) is 7.65. The fourth-order valence-electron chi connectivity index (χ4n) is 2.05. The van der Waals surface area contributed by atoms with Crippen LogP contribution in [-0.4, -0.2) is 4.98 Å². The van der Waals surface area contributed by atoms with Gasteiger partial charge in [-0.25, -0.2) is 0 Å². The molecule has 0 unspecified atom stereocenters. The molecule has 2 rings (SSSR count). The van der Waals surface area contributed by atoms with Crippen LogP contribution in [0.1, 0.15) is 30.9 Å². The van der Waals surface area contributed by atoms with E-state index >= 15 is 0 Å². The van der Waals surface area contributed by atoms with E-state index in [0.29, 0.717) is 12.5 Å². The van der Waals surface area contributed by atoms with Gasteiger partial charge in [0.1, 0.15) is 0 Å². The molecular formula is C13H16N2O. The SMILES string of the molecule is CC(C)c1c[nH]c(=O)c2c(CN)cccc12. The number of nitrogens with one attached hydrogen (secondary N) is 1. The highest BCUT2D eigenvalue weighted by molar-refractivity contribution is 5.87. The van der Waals surface area contributed by atoms with Crippen molar-refractivity contribution < 1.29 is 0 Å². The molecule has 16 heavy (non-hydrogen) atoms. The molecule has 3 N–H and O–H groups in total. The lowest BCUT2D eigenvalue weighted by Gasteiger charge is -2.11. The van der Waals surface area contributed by atoms with Crippen LogP contribution in [-0.2, 0) is 6.54 Å². The second-order valence-corrected chi connectivity index (χ2v) is 4.27. The minimum Gasteiger partial charge on any atom is -0.328 e. The summed E-state index contributed by atoms with van der Waals surface area (Å²) >= 11 is 0. The van der Waals surface area contributed by atoms with Gasteiger partial charge in [0.2, 0.25) is 0 Å². The van der Waals surface area contributed by atoms with E-state index in [1.54, 1.807) is 6.20 Å². The number of aromatic amines is 1. The summed E-state index contributed by atoms with van der Waals surface area (Å²) in [6.07, 6.45) is 1.80. The summed E-state index contributed by atoms with van der Waals surface area (Å²) in [7, 11) is 0. The number of fused-ring (bicyclic) bond motifs is 1. The van der Waals surface area contributed by atoms with E-state index in [4.69, 9.17) is 5.73 Å². The Labute approximate surface area is 94.3 Å². The molecule has 0 bridgehead atoms. The van der Waals surface area contributed by atoms with Crippen LogP contribution in [0.2, 0.25) is 0 Å². The average Bonchev–Trinajstić information content (AvgIpc) is 2.28. The maximum absolute atomic E-state index is 11.8. The summed E-state index contributed by atoms with van der Waals surface area (Å²) in [6.45, 7) is 4.62. The van der Waals surface area contributed by atoms with Crippen molar-refractivity contribution in [3.63, 3.8) is 0 Å². The van der Waals surface area contributed by atoms with E-state index < -0.39 is 0 Å². The van der Waals surface area contributed by atoms with Crippen molar-refractivity contribution in [2.75, 3.05) is 0 Å². The Bertz CT molecular complexity index is 570. The summed E-state index contributed by atoms with van der Waals surface area (Å²) in [4.78, 5) is 14.6. The molecule has 0 aliphatic carbocycles. The molecule has 0 atom stereocenters. The molecule has 0 radical (unpaired) electrons. The molecule has 0 fully saturated rings. The van der Waals surface area contributed by atoms with Crippen molar-refractivity contribution >= 4 is 10.8 Å². The van der Waals surface area contributed by atoms with E-state index in [-0.39, 0.29) is 5.56 Å². The first kappa shape index (κ1) is 10.9. The topological polar surface area (TPSA) is 58.9 Å². The summed E-state index contributed by atoms with van der Waals surface area (Å²) < 4.78 is 0. The molecular weight excluding hydrogens is 200 g/mol. The van der Waals surface area contributed by atoms with Gasteiger partial charge in [-0.3, -0.25) is 4.79 Å². The second kappa shape index (κ2) is 4.10. The van der Waals surface area contributed by atoms with Crippen molar-refractivity contribution in [2.45, 2.75) is 26.3 Å². The van der Waals surface area contributed by atoms with Gasteiger partial charge >= 0.3 is 0 Å². The molecule has 0 aliphatic rings. The minimum absolute atomic E-state index is 0.0551. The predicted molar refractivity (Wildman–Crippen MR) is 66.5 cm³/mol. The Kier molecular flexibility index (Phi) is 2.79. The molecule has 1 heterocycles. The van der Waals surface area contributed by atoms with Crippen LogP contribution in [0.15, 0.2) is 29.2 Å². The molecule has 0 saturated carbocycles. The molecule has 2 aromatic rings. The Morgan fingerprint density at radius 3 is 2.75 bits per heavy atom. The lowest BCUT2D eigenvalue weighted by Crippen LogP contribution is -2.12. The number of benzene rings is 1. The number of nitrogens with two attached hydrogens (primary N) is 1. The predicted octanol–water partition coefficient (Wildman–Crippen LogP) is 2.11. The number of aromatic nitrogens is 1. The van der Waals surface area contributed by atoms with Gasteiger partial charge in [-0.1, -0.05) is 32.0 Å². The van der Waals surface area contributed by atoms with Gasteiger partial charge in [-0.15, -0.1) is 0 Å². The number of H-pyrrole nitrogens is 1. The van der Waals surface area contributed by atoms with Crippen molar-refractivity contribution in [3.05, 3.63) is 45.9 Å². The van der Waals surface area contributed by atoms with Gasteiger partial charge in [-0.2, -0.15) is 0 Å². The van der Waals surface area contributed by atoms with Crippen molar-refractivity contribution in [1.29, 1.82) is 0 Å². The third-order valence-corrected chi connectivity index (χ3v) is 2.89. The zero-order valence-electron chi connectivity index (χ0n) is 9.58. The zero-order valence-corrected chi connectivity index (χ0v) is 9.58. The van der Waals surface area contributed by atoms with Crippen LogP contribution < -0.4 is 11.3 Å². The van der Waals surface area contributed by atoms with Crippen LogP contribution in [0.5, 0.6) is 0 Å². The van der Waals surface area contributed by atoms with E-state index in [1.165, 1.54) is 0 Å². The van der Waals surface area contributed by atoms with E-state index in [0.717, 1.165) is 21.9 Å². The van der Waals surface area contributed by atoms with Gasteiger partial charge < -0.3 is 10.7 Å². The third-order valence-electron chi connectivity index (χ3n) is 2.89. The van der Waals surface area contributed by atoms with Crippen LogP contribution >= 0.6 is 0 Å². The first-order valence-electron chi connectivity index (χ1n) is 5.48. The fourth-order valence-corrected chi connectivity index (χ4v) is 2.05. The van der Waals surface area contributed by atoms with E-state index in [9.17, 15) is 4.79 Å². The lowest BCUT2D eigenvalue weighted by atomic mass is 9.96. The molecule has 3 heteroatoms. The van der Waals surface area contributed by atoms with Crippen LogP contribution in [0.4, 0.5) is 0 Å². The van der Waals surface area contributed by atoms with Crippen molar-refractivity contribution in [2.24, 2.45) is 5.73 Å². The molecule has 0 saturated heterocycles. The molecule has 1 aromatic carbocycles. The molecule has 84 valence electrons. The van der Waals surface area contributed by atoms with E-state index in [1.807, 2.05) is 18.2 Å². The maximum Gasteiger partial charge on any atom is 0.256 e. The first-order valence-corrected chi connectivity index (χ1v) is 5.48. The van der Waals surface area contributed by atoms with Gasteiger partial charge in [0, 0.05) is 12.7 Å². The summed E-state index contributed by atoms with van der Waals surface area (Å²) in [5.41, 5.74) is 7.66. The molecule has 0 spiro atoms. The normalized spacial score (nSPS) is 11.2. The zero-order chi connectivity index (χ0) is 11.7. The van der Waals surface area contributed by atoms with Gasteiger partial charge in [0.05, 0.1) is 5.39 Å². The van der Waals surface area contributed by atoms with E-state index in [2.05, 4.69) is 18.8 Å². The summed E-state index contributed by atoms with van der Waals surface area (Å²) in [5.74, 6) is 0.382. The second-order valence-electron chi connectivity index (χ2n) is 4.27. The monoisotopic (exact) mass is 216 g/mol. The average molecular weight is 216 g/mol. The number of hydrogen-bond acceptors (Lipinski definition) is 2. The van der Waals surface area contributed by atoms with Gasteiger partial charge in [0.15, 0.2) is 0 Å². The molecule has 1 aromatic heterocycles. The van der Waals surface area contributed by atoms with Gasteiger partial charge in [0.25, 0.3) is 5.56 Å². The molecule has 0 aliphatic heterocycles. The minimum atomic E-state index is -0.0551.